The van der Waals surface area contributed by atoms with Crippen LogP contribution in [0.1, 0.15) is 46.9 Å². The first-order valence-corrected chi connectivity index (χ1v) is 14.6. The fourth-order valence-corrected chi connectivity index (χ4v) is 5.42. The van der Waals surface area contributed by atoms with E-state index >= 15 is 0 Å². The third-order valence-corrected chi connectivity index (χ3v) is 8.52. The molecule has 2 aromatic heterocycles. The number of aryl methyl sites for hydroxylation is 1. The van der Waals surface area contributed by atoms with Crippen molar-refractivity contribution >= 4 is 34.3 Å². The van der Waals surface area contributed by atoms with E-state index < -0.39 is 47.1 Å². The zero-order valence-electron chi connectivity index (χ0n) is 25.2. The van der Waals surface area contributed by atoms with Gasteiger partial charge in [0.05, 0.1) is 23.4 Å². The van der Waals surface area contributed by atoms with E-state index in [2.05, 4.69) is 20.6 Å². The second-order valence-corrected chi connectivity index (χ2v) is 12.1. The second kappa shape index (κ2) is 11.3. The lowest BCUT2D eigenvalue weighted by molar-refractivity contribution is -0.265. The zero-order valence-corrected chi connectivity index (χ0v) is 25.2. The highest BCUT2D eigenvalue weighted by Crippen LogP contribution is 2.47. The van der Waals surface area contributed by atoms with E-state index in [1.807, 2.05) is 0 Å². The number of rotatable bonds is 8. The molecule has 10 nitrogen and oxygen atoms in total. The fraction of sp³-hybridized carbons (Fsp3) is 0.303. The van der Waals surface area contributed by atoms with Crippen LogP contribution in [0.25, 0.3) is 22.2 Å². The minimum absolute atomic E-state index is 0.0453. The van der Waals surface area contributed by atoms with Crippen LogP contribution in [0.2, 0.25) is 0 Å². The highest BCUT2D eigenvalue weighted by atomic mass is 19.4. The number of halogens is 4. The predicted octanol–water partition coefficient (Wildman–Crippen LogP) is 4.41. The van der Waals surface area contributed by atoms with E-state index in [0.29, 0.717) is 10.9 Å². The summed E-state index contributed by atoms with van der Waals surface area (Å²) in [6.45, 7) is 1.45. The van der Waals surface area contributed by atoms with Gasteiger partial charge in [0.25, 0.3) is 5.91 Å². The highest BCUT2D eigenvalue weighted by Gasteiger charge is 2.57. The summed E-state index contributed by atoms with van der Waals surface area (Å²) in [4.78, 5) is 46.9. The molecule has 1 fully saturated rings. The lowest BCUT2D eigenvalue weighted by Crippen LogP contribution is -2.51. The molecule has 3 heterocycles. The van der Waals surface area contributed by atoms with Gasteiger partial charge in [-0.15, -0.1) is 0 Å². The summed E-state index contributed by atoms with van der Waals surface area (Å²) in [6, 6.07) is 9.97. The number of alkyl halides is 3. The van der Waals surface area contributed by atoms with Crippen molar-refractivity contribution in [3.05, 3.63) is 82.9 Å². The number of aromatic nitrogens is 2. The molecule has 0 radical (unpaired) electrons. The molecule has 244 valence electrons. The number of amides is 3. The summed E-state index contributed by atoms with van der Waals surface area (Å²) in [6.07, 6.45) is -2.37. The number of pyridine rings is 2. The minimum Gasteiger partial charge on any atom is -0.489 e. The van der Waals surface area contributed by atoms with Crippen LogP contribution in [-0.4, -0.2) is 52.1 Å². The van der Waals surface area contributed by atoms with Crippen LogP contribution < -0.4 is 21.1 Å². The molecule has 2 aromatic carbocycles. The lowest BCUT2D eigenvalue weighted by Gasteiger charge is -2.31. The Hall–Kier alpha value is -5.11. The molecular weight excluding hydrogens is 622 g/mol. The normalized spacial score (nSPS) is 18.6. The summed E-state index contributed by atoms with van der Waals surface area (Å²) in [5.74, 6) is -2.97. The van der Waals surface area contributed by atoms with Gasteiger partial charge in [0, 0.05) is 34.2 Å². The van der Waals surface area contributed by atoms with Gasteiger partial charge in [-0.1, -0.05) is 0 Å². The van der Waals surface area contributed by atoms with Gasteiger partial charge >= 0.3 is 6.18 Å². The Bertz CT molecular complexity index is 1950. The summed E-state index contributed by atoms with van der Waals surface area (Å²) in [7, 11) is 0. The van der Waals surface area contributed by atoms with Gasteiger partial charge in [-0.25, -0.2) is 9.37 Å². The molecule has 6 rings (SSSR count). The van der Waals surface area contributed by atoms with Crippen molar-refractivity contribution in [1.82, 2.24) is 15.3 Å². The maximum absolute atomic E-state index is 14.8. The number of aliphatic hydroxyl groups is 1. The number of carbonyl (C=O) groups is 3. The largest absolute Gasteiger partial charge is 0.489 e. The number of primary amides is 1. The second-order valence-electron chi connectivity index (χ2n) is 12.1. The maximum atomic E-state index is 14.8. The van der Waals surface area contributed by atoms with Crippen LogP contribution in [0.3, 0.4) is 0 Å². The van der Waals surface area contributed by atoms with E-state index in [-0.39, 0.29) is 52.3 Å². The number of benzene rings is 2. The number of hydrogen-bond donors (Lipinski definition) is 4. The Morgan fingerprint density at radius 3 is 2.45 bits per heavy atom. The number of nitrogens with one attached hydrogen (secondary N) is 2. The third-order valence-electron chi connectivity index (χ3n) is 8.52. The summed E-state index contributed by atoms with van der Waals surface area (Å²) >= 11 is 0. The van der Waals surface area contributed by atoms with E-state index in [9.17, 15) is 37.1 Å². The summed E-state index contributed by atoms with van der Waals surface area (Å²) < 4.78 is 63.8. The van der Waals surface area contributed by atoms with Gasteiger partial charge in [-0.05, 0) is 80.8 Å². The van der Waals surface area contributed by atoms with Crippen molar-refractivity contribution in [3.8, 4) is 17.0 Å². The first-order chi connectivity index (χ1) is 22.1. The minimum atomic E-state index is -5.39. The standard InChI is InChI=1S/C33H29F4N5O5/c1-16-9-19-10-20(11-23(25(19)39-13-16)41-29(44)18-3-4-18)28(43)40-14-32(46,33(35,36)37)24-12-22-27(47-15-31(22,2)30(38)45)26(42-24)17-5-7-21(34)8-6-17/h5-13,18,46H,3-4,14-15H2,1-2H3,(H2,38,45)(H,40,43)(H,41,44)/t31-,32-/m0/s1. The van der Waals surface area contributed by atoms with Gasteiger partial charge in [0.2, 0.25) is 17.4 Å². The van der Waals surface area contributed by atoms with Crippen LogP contribution in [0.4, 0.5) is 23.2 Å². The number of fused-ring (bicyclic) bond motifs is 2. The molecule has 0 bridgehead atoms. The smallest absolute Gasteiger partial charge is 0.424 e. The van der Waals surface area contributed by atoms with Crippen molar-refractivity contribution < 1.29 is 41.8 Å². The molecular formula is C33H29F4N5O5. The number of carbonyl (C=O) groups excluding carboxylic acids is 3. The molecule has 0 saturated heterocycles. The van der Waals surface area contributed by atoms with Gasteiger partial charge in [-0.2, -0.15) is 13.2 Å². The molecule has 2 atom stereocenters. The summed E-state index contributed by atoms with van der Waals surface area (Å²) in [5.41, 5.74) is 0.459. The van der Waals surface area contributed by atoms with Gasteiger partial charge < -0.3 is 26.2 Å². The molecule has 1 saturated carbocycles. The average molecular weight is 652 g/mol. The van der Waals surface area contributed by atoms with Crippen molar-refractivity contribution in [2.45, 2.75) is 43.9 Å². The Morgan fingerprint density at radius 1 is 1.11 bits per heavy atom. The average Bonchev–Trinajstić information content (AvgIpc) is 3.82. The number of anilines is 1. The Balaban J connectivity index is 1.40. The number of nitrogens with zero attached hydrogens (tertiary/aromatic N) is 2. The SMILES string of the molecule is Cc1cnc2c(NC(=O)C3CC3)cc(C(=O)NC[C@](O)(c3cc4c(c(-c5ccc(F)cc5)n3)OC[C@]4(C)C(N)=O)C(F)(F)F)cc2c1. The van der Waals surface area contributed by atoms with Crippen molar-refractivity contribution in [2.75, 3.05) is 18.5 Å². The van der Waals surface area contributed by atoms with E-state index in [1.54, 1.807) is 19.2 Å². The Morgan fingerprint density at radius 2 is 1.81 bits per heavy atom. The molecule has 2 aliphatic rings. The van der Waals surface area contributed by atoms with Gasteiger partial charge in [0.1, 0.15) is 29.3 Å². The fourth-order valence-electron chi connectivity index (χ4n) is 5.42. The van der Waals surface area contributed by atoms with Crippen LogP contribution in [0, 0.1) is 18.7 Å². The molecule has 14 heteroatoms. The highest BCUT2D eigenvalue weighted by molar-refractivity contribution is 6.06. The monoisotopic (exact) mass is 651 g/mol. The van der Waals surface area contributed by atoms with Crippen molar-refractivity contribution in [2.24, 2.45) is 11.7 Å². The number of hydrogen-bond acceptors (Lipinski definition) is 7. The van der Waals surface area contributed by atoms with Crippen LogP contribution in [0.15, 0.2) is 54.7 Å². The van der Waals surface area contributed by atoms with E-state index in [1.165, 1.54) is 31.2 Å². The molecule has 4 aromatic rings. The number of ether oxygens (including phenoxy) is 1. The quantitative estimate of drug-likeness (QED) is 0.206. The predicted molar refractivity (Wildman–Crippen MR) is 162 cm³/mol. The third kappa shape index (κ3) is 5.73. The Labute approximate surface area is 265 Å². The summed E-state index contributed by atoms with van der Waals surface area (Å²) in [5, 5.41) is 16.7. The first kappa shape index (κ1) is 31.9. The maximum Gasteiger partial charge on any atom is 0.424 e. The van der Waals surface area contributed by atoms with Crippen molar-refractivity contribution in [3.63, 3.8) is 0 Å². The number of nitrogens with two attached hydrogens (primary N) is 1. The van der Waals surface area contributed by atoms with Crippen LogP contribution in [-0.2, 0) is 20.6 Å². The van der Waals surface area contributed by atoms with Gasteiger partial charge in [0.15, 0.2) is 0 Å². The topological polar surface area (TPSA) is 157 Å². The molecule has 1 aliphatic heterocycles. The van der Waals surface area contributed by atoms with Crippen LogP contribution in [0.5, 0.6) is 5.75 Å². The lowest BCUT2D eigenvalue weighted by atomic mass is 9.81. The Kier molecular flexibility index (Phi) is 7.66. The van der Waals surface area contributed by atoms with Crippen molar-refractivity contribution in [1.29, 1.82) is 0 Å². The molecule has 47 heavy (non-hydrogen) atoms. The molecule has 0 spiro atoms. The molecule has 3 amide bonds. The molecule has 1 aliphatic carbocycles. The van der Waals surface area contributed by atoms with Gasteiger partial charge in [-0.3, -0.25) is 19.4 Å². The van der Waals surface area contributed by atoms with E-state index in [0.717, 1.165) is 36.6 Å². The zero-order chi connectivity index (χ0) is 33.9. The first-order valence-electron chi connectivity index (χ1n) is 14.6. The molecule has 5 N–H and O–H groups in total. The molecule has 0 unspecified atom stereocenters. The van der Waals surface area contributed by atoms with E-state index in [4.69, 9.17) is 10.5 Å². The van der Waals surface area contributed by atoms with Crippen LogP contribution >= 0.6 is 0 Å².